The van der Waals surface area contributed by atoms with Gasteiger partial charge >= 0.3 is 0 Å². The molecule has 27 heavy (non-hydrogen) atoms. The zero-order valence-corrected chi connectivity index (χ0v) is 16.2. The number of amides is 1. The Balaban J connectivity index is 1.44. The van der Waals surface area contributed by atoms with Gasteiger partial charge in [-0.1, -0.05) is 22.9 Å². The molecule has 0 radical (unpaired) electrons. The van der Waals surface area contributed by atoms with Crippen molar-refractivity contribution in [2.75, 3.05) is 19.0 Å². The fourth-order valence-corrected chi connectivity index (χ4v) is 3.15. The van der Waals surface area contributed by atoms with Crippen molar-refractivity contribution in [1.29, 1.82) is 0 Å². The maximum atomic E-state index is 12.0. The van der Waals surface area contributed by atoms with E-state index in [4.69, 9.17) is 21.1 Å². The van der Waals surface area contributed by atoms with Crippen LogP contribution in [0.2, 0.25) is 5.02 Å². The van der Waals surface area contributed by atoms with Gasteiger partial charge in [0.05, 0.1) is 13.7 Å². The molecule has 0 fully saturated rings. The summed E-state index contributed by atoms with van der Waals surface area (Å²) in [4.78, 5) is 12.0. The molecule has 1 N–H and O–H groups in total. The maximum Gasteiger partial charge on any atom is 0.226 e. The van der Waals surface area contributed by atoms with Crippen molar-refractivity contribution in [1.82, 2.24) is 10.2 Å². The summed E-state index contributed by atoms with van der Waals surface area (Å²) in [6.07, 6.45) is 0.934. The molecule has 0 spiro atoms. The quantitative estimate of drug-likeness (QED) is 0.553. The second-order valence-corrected chi connectivity index (χ2v) is 7.01. The van der Waals surface area contributed by atoms with Crippen LogP contribution in [0.1, 0.15) is 12.8 Å². The van der Waals surface area contributed by atoms with Crippen LogP contribution in [0.5, 0.6) is 11.5 Å². The van der Waals surface area contributed by atoms with Crippen LogP contribution < -0.4 is 14.8 Å². The van der Waals surface area contributed by atoms with E-state index in [2.05, 4.69) is 15.5 Å². The Hall–Kier alpha value is -2.64. The van der Waals surface area contributed by atoms with Crippen molar-refractivity contribution in [3.05, 3.63) is 53.6 Å². The average molecular weight is 404 g/mol. The summed E-state index contributed by atoms with van der Waals surface area (Å²) in [5.41, 5.74) is 0.921. The van der Waals surface area contributed by atoms with Crippen molar-refractivity contribution in [2.24, 2.45) is 0 Å². The highest BCUT2D eigenvalue weighted by Gasteiger charge is 2.10. The Bertz CT molecular complexity index is 882. The molecule has 1 amide bonds. The lowest BCUT2D eigenvalue weighted by atomic mass is 10.2. The molecule has 140 valence electrons. The predicted molar refractivity (Wildman–Crippen MR) is 107 cm³/mol. The fraction of sp³-hybridized carbons (Fsp3) is 0.211. The molecule has 3 rings (SSSR count). The van der Waals surface area contributed by atoms with Gasteiger partial charge in [0.1, 0.15) is 16.5 Å². The second-order valence-electron chi connectivity index (χ2n) is 5.59. The molecule has 3 aromatic rings. The van der Waals surface area contributed by atoms with Gasteiger partial charge in [-0.25, -0.2) is 0 Å². The van der Waals surface area contributed by atoms with Crippen LogP contribution >= 0.6 is 22.9 Å². The van der Waals surface area contributed by atoms with E-state index < -0.39 is 0 Å². The van der Waals surface area contributed by atoms with E-state index in [-0.39, 0.29) is 5.91 Å². The highest BCUT2D eigenvalue weighted by Crippen LogP contribution is 2.27. The number of benzene rings is 2. The largest absolute Gasteiger partial charge is 0.497 e. The first kappa shape index (κ1) is 19.1. The molecule has 6 nitrogen and oxygen atoms in total. The number of nitrogens with one attached hydrogen (secondary N) is 1. The summed E-state index contributed by atoms with van der Waals surface area (Å²) < 4.78 is 10.7. The van der Waals surface area contributed by atoms with Crippen molar-refractivity contribution in [3.8, 4) is 22.1 Å². The highest BCUT2D eigenvalue weighted by atomic mass is 35.5. The van der Waals surface area contributed by atoms with Crippen molar-refractivity contribution in [2.45, 2.75) is 12.8 Å². The third-order valence-electron chi connectivity index (χ3n) is 3.64. The van der Waals surface area contributed by atoms with Crippen LogP contribution in [0, 0.1) is 0 Å². The maximum absolute atomic E-state index is 12.0. The number of anilines is 1. The van der Waals surface area contributed by atoms with Crippen LogP contribution in [0.15, 0.2) is 48.5 Å². The number of hydrogen-bond acceptors (Lipinski definition) is 6. The van der Waals surface area contributed by atoms with Gasteiger partial charge in [0.25, 0.3) is 0 Å². The van der Waals surface area contributed by atoms with Crippen molar-refractivity contribution < 1.29 is 14.3 Å². The molecular formula is C19H18ClN3O3S. The van der Waals surface area contributed by atoms with Gasteiger partial charge in [0, 0.05) is 17.0 Å². The lowest BCUT2D eigenvalue weighted by Crippen LogP contribution is -2.12. The molecule has 1 heterocycles. The van der Waals surface area contributed by atoms with E-state index in [1.54, 1.807) is 31.4 Å². The SMILES string of the molecule is COc1ccc(-c2nnc(NC(=O)CCCOc3ccc(Cl)cc3)s2)cc1. The number of nitrogens with zero attached hydrogens (tertiary/aromatic N) is 2. The van der Waals surface area contributed by atoms with Gasteiger partial charge in [-0.2, -0.15) is 0 Å². The van der Waals surface area contributed by atoms with Crippen LogP contribution in [-0.4, -0.2) is 29.8 Å². The van der Waals surface area contributed by atoms with Crippen LogP contribution in [-0.2, 0) is 4.79 Å². The zero-order chi connectivity index (χ0) is 19.1. The minimum atomic E-state index is -0.118. The highest BCUT2D eigenvalue weighted by molar-refractivity contribution is 7.18. The molecule has 8 heteroatoms. The third-order valence-corrected chi connectivity index (χ3v) is 4.78. The predicted octanol–water partition coefficient (Wildman–Crippen LogP) is 4.66. The van der Waals surface area contributed by atoms with Gasteiger partial charge in [-0.15, -0.1) is 10.2 Å². The summed E-state index contributed by atoms with van der Waals surface area (Å²) >= 11 is 7.15. The molecule has 0 bridgehead atoms. The van der Waals surface area contributed by atoms with E-state index >= 15 is 0 Å². The Kier molecular flexibility index (Phi) is 6.62. The average Bonchev–Trinajstić information content (AvgIpc) is 3.15. The molecule has 2 aromatic carbocycles. The van der Waals surface area contributed by atoms with Crippen LogP contribution in [0.25, 0.3) is 10.6 Å². The smallest absolute Gasteiger partial charge is 0.226 e. The number of rotatable bonds is 8. The molecule has 0 saturated carbocycles. The summed E-state index contributed by atoms with van der Waals surface area (Å²) in [6, 6.07) is 14.6. The fourth-order valence-electron chi connectivity index (χ4n) is 2.26. The Morgan fingerprint density at radius 2 is 1.78 bits per heavy atom. The summed E-state index contributed by atoms with van der Waals surface area (Å²) in [5.74, 6) is 1.39. The number of carbonyl (C=O) groups is 1. The number of halogens is 1. The van der Waals surface area contributed by atoms with E-state index in [1.807, 2.05) is 24.3 Å². The molecular weight excluding hydrogens is 386 g/mol. The van der Waals surface area contributed by atoms with Gasteiger partial charge < -0.3 is 14.8 Å². The lowest BCUT2D eigenvalue weighted by molar-refractivity contribution is -0.116. The zero-order valence-electron chi connectivity index (χ0n) is 14.6. The Morgan fingerprint density at radius 3 is 2.48 bits per heavy atom. The van der Waals surface area contributed by atoms with Gasteiger partial charge in [-0.3, -0.25) is 4.79 Å². The molecule has 0 saturated heterocycles. The summed E-state index contributed by atoms with van der Waals surface area (Å²) in [6.45, 7) is 0.447. The topological polar surface area (TPSA) is 73.3 Å². The number of aromatic nitrogens is 2. The van der Waals surface area contributed by atoms with E-state index in [0.717, 1.165) is 22.1 Å². The number of hydrogen-bond donors (Lipinski definition) is 1. The number of methoxy groups -OCH3 is 1. The van der Waals surface area contributed by atoms with Crippen LogP contribution in [0.3, 0.4) is 0 Å². The molecule has 1 aromatic heterocycles. The van der Waals surface area contributed by atoms with Gasteiger partial charge in [0.15, 0.2) is 0 Å². The monoisotopic (exact) mass is 403 g/mol. The van der Waals surface area contributed by atoms with Gasteiger partial charge in [-0.05, 0) is 55.0 Å². The minimum Gasteiger partial charge on any atom is -0.497 e. The minimum absolute atomic E-state index is 0.118. The first-order chi connectivity index (χ1) is 13.1. The number of carbonyl (C=O) groups excluding carboxylic acids is 1. The molecule has 0 aliphatic rings. The molecule has 0 unspecified atom stereocenters. The summed E-state index contributed by atoms with van der Waals surface area (Å²) in [7, 11) is 1.62. The van der Waals surface area contributed by atoms with Gasteiger partial charge in [0.2, 0.25) is 11.0 Å². The van der Waals surface area contributed by atoms with Crippen LogP contribution in [0.4, 0.5) is 5.13 Å². The molecule has 0 aliphatic carbocycles. The lowest BCUT2D eigenvalue weighted by Gasteiger charge is -2.05. The molecule has 0 atom stereocenters. The summed E-state index contributed by atoms with van der Waals surface area (Å²) in [5, 5.41) is 12.8. The van der Waals surface area contributed by atoms with E-state index in [9.17, 15) is 4.79 Å². The van der Waals surface area contributed by atoms with E-state index in [0.29, 0.717) is 29.6 Å². The first-order valence-electron chi connectivity index (χ1n) is 8.30. The van der Waals surface area contributed by atoms with Crippen molar-refractivity contribution in [3.63, 3.8) is 0 Å². The third kappa shape index (κ3) is 5.67. The number of ether oxygens (including phenoxy) is 2. The Morgan fingerprint density at radius 1 is 1.07 bits per heavy atom. The second kappa shape index (κ2) is 9.34. The standard InChI is InChI=1S/C19H18ClN3O3S/c1-25-15-8-4-13(5-9-15)18-22-23-19(27-18)21-17(24)3-2-12-26-16-10-6-14(20)7-11-16/h4-11H,2-3,12H2,1H3,(H,21,23,24). The first-order valence-corrected chi connectivity index (χ1v) is 9.49. The van der Waals surface area contributed by atoms with Crippen molar-refractivity contribution >= 4 is 34.0 Å². The Labute approximate surface area is 166 Å². The molecule has 0 aliphatic heterocycles. The normalized spacial score (nSPS) is 10.4. The van der Waals surface area contributed by atoms with E-state index in [1.165, 1.54) is 11.3 Å².